The predicted molar refractivity (Wildman–Crippen MR) is 184 cm³/mol. The van der Waals surface area contributed by atoms with Crippen LogP contribution in [0.3, 0.4) is 0 Å². The van der Waals surface area contributed by atoms with Gasteiger partial charge in [-0.1, -0.05) is 69.0 Å². The molecule has 6 heterocycles. The van der Waals surface area contributed by atoms with Crippen molar-refractivity contribution in [3.63, 3.8) is 0 Å². The third-order valence-corrected chi connectivity index (χ3v) is 10.2. The first kappa shape index (κ1) is 27.0. The number of nitrogens with zero attached hydrogens (tertiary/aromatic N) is 3. The molecule has 2 aliphatic heterocycles. The first-order valence-electron chi connectivity index (χ1n) is 16.2. The average molecular weight is 598 g/mol. The predicted octanol–water partition coefficient (Wildman–Crippen LogP) is 9.42. The molecular formula is C42H35N3O+2. The molecule has 0 saturated carbocycles. The second kappa shape index (κ2) is 10.1. The maximum absolute atomic E-state index is 6.69. The van der Waals surface area contributed by atoms with E-state index in [1.165, 1.54) is 39.1 Å². The Morgan fingerprint density at radius 1 is 0.761 bits per heavy atom. The summed E-state index contributed by atoms with van der Waals surface area (Å²) in [5.41, 5.74) is 13.7. The van der Waals surface area contributed by atoms with Crippen molar-refractivity contribution in [1.29, 1.82) is 0 Å². The summed E-state index contributed by atoms with van der Waals surface area (Å²) in [5, 5.41) is 2.15. The SMILES string of the molecule is C=CC1C(C2c3ccc4c(oc5nc(C)ccc54)c3-c3cc(-c4ccc(C(C)C)cc4)cc[n+]32)c2ccccc2-c2cccc[n+]21. The van der Waals surface area contributed by atoms with Gasteiger partial charge in [0.05, 0.1) is 11.1 Å². The number of rotatable bonds is 4. The summed E-state index contributed by atoms with van der Waals surface area (Å²) >= 11 is 0. The molecule has 4 heteroatoms. The zero-order chi connectivity index (χ0) is 31.1. The lowest BCUT2D eigenvalue weighted by Gasteiger charge is -2.30. The van der Waals surface area contributed by atoms with Gasteiger partial charge in [0.15, 0.2) is 30.1 Å². The third kappa shape index (κ3) is 3.83. The number of furan rings is 1. The maximum atomic E-state index is 6.69. The number of hydrogen-bond acceptors (Lipinski definition) is 2. The van der Waals surface area contributed by atoms with Crippen molar-refractivity contribution in [2.75, 3.05) is 0 Å². The Balaban J connectivity index is 1.32. The van der Waals surface area contributed by atoms with Gasteiger partial charge in [-0.3, -0.25) is 0 Å². The summed E-state index contributed by atoms with van der Waals surface area (Å²) in [6.45, 7) is 10.9. The van der Waals surface area contributed by atoms with Crippen molar-refractivity contribution in [3.05, 3.63) is 151 Å². The normalized spacial score (nSPS) is 18.0. The Bertz CT molecular complexity index is 2350. The van der Waals surface area contributed by atoms with Gasteiger partial charge in [-0.15, -0.1) is 0 Å². The number of fused-ring (bicyclic) bond motifs is 10. The summed E-state index contributed by atoms with van der Waals surface area (Å²) in [6.07, 6.45) is 6.61. The van der Waals surface area contributed by atoms with Crippen molar-refractivity contribution in [2.24, 2.45) is 0 Å². The van der Waals surface area contributed by atoms with E-state index in [9.17, 15) is 0 Å². The first-order chi connectivity index (χ1) is 22.5. The number of hydrogen-bond donors (Lipinski definition) is 0. The zero-order valence-corrected chi connectivity index (χ0v) is 26.3. The molecule has 9 rings (SSSR count). The Kier molecular flexibility index (Phi) is 5.92. The minimum Gasteiger partial charge on any atom is -0.437 e. The second-order valence-corrected chi connectivity index (χ2v) is 13.1. The smallest absolute Gasteiger partial charge is 0.227 e. The summed E-state index contributed by atoms with van der Waals surface area (Å²) in [5.74, 6) is 0.604. The summed E-state index contributed by atoms with van der Waals surface area (Å²) in [4.78, 5) is 4.78. The molecule has 0 radical (unpaired) electrons. The van der Waals surface area contributed by atoms with Crippen LogP contribution in [0.2, 0.25) is 0 Å². The van der Waals surface area contributed by atoms with Crippen LogP contribution in [0.15, 0.2) is 133 Å². The van der Waals surface area contributed by atoms with Crippen molar-refractivity contribution < 1.29 is 13.6 Å². The molecule has 3 aromatic carbocycles. The third-order valence-electron chi connectivity index (χ3n) is 10.2. The fraction of sp³-hybridized carbons (Fsp3) is 0.167. The van der Waals surface area contributed by atoms with E-state index >= 15 is 0 Å². The fourth-order valence-corrected chi connectivity index (χ4v) is 7.99. The molecule has 7 aromatic rings. The lowest BCUT2D eigenvalue weighted by Crippen LogP contribution is -2.52. The molecule has 46 heavy (non-hydrogen) atoms. The van der Waals surface area contributed by atoms with E-state index in [4.69, 9.17) is 9.40 Å². The van der Waals surface area contributed by atoms with E-state index in [0.717, 1.165) is 33.3 Å². The van der Waals surface area contributed by atoms with Gasteiger partial charge in [-0.25, -0.2) is 4.98 Å². The summed E-state index contributed by atoms with van der Waals surface area (Å²) in [7, 11) is 0. The second-order valence-electron chi connectivity index (χ2n) is 13.1. The van der Waals surface area contributed by atoms with E-state index in [1.807, 2.05) is 6.92 Å². The molecule has 0 saturated heterocycles. The van der Waals surface area contributed by atoms with Gasteiger partial charge in [0, 0.05) is 46.3 Å². The van der Waals surface area contributed by atoms with E-state index in [1.54, 1.807) is 0 Å². The molecule has 4 nitrogen and oxygen atoms in total. The standard InChI is InChI=1S/C42H35N3O/c1-5-35-38(31-11-7-6-10-30(31)36-12-8-9-22-44(35)36)40-34-20-19-32-33-18-13-26(4)43-42(33)46-41(32)39(34)37-24-29(21-23-45(37)40)28-16-14-27(15-17-28)25(2)3/h5-25,35,38,40H,1H2,2-4H3/q+2. The molecule has 3 atom stereocenters. The molecule has 0 aliphatic carbocycles. The van der Waals surface area contributed by atoms with Gasteiger partial charge in [0.1, 0.15) is 5.92 Å². The van der Waals surface area contributed by atoms with E-state index in [0.29, 0.717) is 11.6 Å². The molecule has 0 bridgehead atoms. The lowest BCUT2D eigenvalue weighted by atomic mass is 9.76. The van der Waals surface area contributed by atoms with Crippen LogP contribution in [-0.2, 0) is 0 Å². The topological polar surface area (TPSA) is 33.8 Å². The molecule has 222 valence electrons. The highest BCUT2D eigenvalue weighted by Crippen LogP contribution is 2.51. The van der Waals surface area contributed by atoms with Crippen molar-refractivity contribution >= 4 is 22.1 Å². The Hall–Kier alpha value is -5.35. The van der Waals surface area contributed by atoms with Crippen LogP contribution in [0, 0.1) is 6.92 Å². The minimum absolute atomic E-state index is 0.0275. The molecule has 3 unspecified atom stereocenters. The van der Waals surface area contributed by atoms with E-state index in [-0.39, 0.29) is 18.0 Å². The summed E-state index contributed by atoms with van der Waals surface area (Å²) < 4.78 is 11.6. The number of aryl methyl sites for hydroxylation is 1. The number of allylic oxidation sites excluding steroid dienone is 1. The Labute approximate surface area is 268 Å². The molecule has 0 spiro atoms. The highest BCUT2D eigenvalue weighted by molar-refractivity contribution is 6.09. The summed E-state index contributed by atoms with van der Waals surface area (Å²) in [6, 6.07) is 37.9. The van der Waals surface area contributed by atoms with Crippen LogP contribution in [-0.4, -0.2) is 4.98 Å². The van der Waals surface area contributed by atoms with Crippen LogP contribution in [0.1, 0.15) is 60.2 Å². The van der Waals surface area contributed by atoms with Gasteiger partial charge in [0.25, 0.3) is 0 Å². The fourth-order valence-electron chi connectivity index (χ4n) is 7.99. The number of pyridine rings is 3. The monoisotopic (exact) mass is 597 g/mol. The van der Waals surface area contributed by atoms with Crippen LogP contribution in [0.25, 0.3) is 55.7 Å². The number of aromatic nitrogens is 3. The number of benzene rings is 3. The van der Waals surface area contributed by atoms with Crippen LogP contribution >= 0.6 is 0 Å². The van der Waals surface area contributed by atoms with Crippen molar-refractivity contribution in [2.45, 2.75) is 44.7 Å². The van der Waals surface area contributed by atoms with Gasteiger partial charge < -0.3 is 4.42 Å². The molecular weight excluding hydrogens is 562 g/mol. The quantitative estimate of drug-likeness (QED) is 0.150. The van der Waals surface area contributed by atoms with Gasteiger partial charge in [0.2, 0.25) is 17.1 Å². The highest BCUT2D eigenvalue weighted by Gasteiger charge is 2.52. The maximum Gasteiger partial charge on any atom is 0.227 e. The van der Waals surface area contributed by atoms with Crippen LogP contribution in [0.5, 0.6) is 0 Å². The van der Waals surface area contributed by atoms with Gasteiger partial charge in [-0.05, 0) is 71.5 Å². The molecule has 0 N–H and O–H groups in total. The van der Waals surface area contributed by atoms with Gasteiger partial charge in [-0.2, -0.15) is 9.13 Å². The first-order valence-corrected chi connectivity index (χ1v) is 16.2. The van der Waals surface area contributed by atoms with Crippen LogP contribution in [0.4, 0.5) is 0 Å². The minimum atomic E-state index is 0.0275. The Morgan fingerprint density at radius 3 is 2.39 bits per heavy atom. The van der Waals surface area contributed by atoms with Gasteiger partial charge >= 0.3 is 0 Å². The average Bonchev–Trinajstić information content (AvgIpc) is 3.62. The lowest BCUT2D eigenvalue weighted by molar-refractivity contribution is -0.739. The van der Waals surface area contributed by atoms with E-state index < -0.39 is 0 Å². The molecule has 0 fully saturated rings. The largest absolute Gasteiger partial charge is 0.437 e. The molecule has 4 aromatic heterocycles. The zero-order valence-electron chi connectivity index (χ0n) is 26.3. The molecule has 0 amide bonds. The highest BCUT2D eigenvalue weighted by atomic mass is 16.3. The van der Waals surface area contributed by atoms with Crippen molar-refractivity contribution in [3.8, 4) is 33.6 Å². The van der Waals surface area contributed by atoms with E-state index in [2.05, 4.69) is 151 Å². The molecule has 2 aliphatic rings. The Morgan fingerprint density at radius 2 is 1.57 bits per heavy atom. The van der Waals surface area contributed by atoms with Crippen molar-refractivity contribution in [1.82, 2.24) is 4.98 Å². The van der Waals surface area contributed by atoms with Crippen LogP contribution < -0.4 is 9.13 Å².